The van der Waals surface area contributed by atoms with Crippen LogP contribution in [0.3, 0.4) is 0 Å². The summed E-state index contributed by atoms with van der Waals surface area (Å²) in [5.74, 6) is 0.780. The fraction of sp³-hybridized carbons (Fsp3) is 0.200. The molecule has 2 aromatic rings. The maximum Gasteiger partial charge on any atom is 0.265 e. The minimum absolute atomic E-state index is 0.0330. The van der Waals surface area contributed by atoms with E-state index in [1.807, 2.05) is 31.2 Å². The van der Waals surface area contributed by atoms with Crippen LogP contribution in [-0.2, 0) is 9.59 Å². The van der Waals surface area contributed by atoms with E-state index in [-0.39, 0.29) is 25.0 Å². The van der Waals surface area contributed by atoms with Crippen molar-refractivity contribution in [2.75, 3.05) is 30.0 Å². The van der Waals surface area contributed by atoms with Gasteiger partial charge in [0.1, 0.15) is 11.5 Å². The largest absolute Gasteiger partial charge is 0.484 e. The molecule has 2 aromatic carbocycles. The number of rotatable bonds is 6. The average Bonchev–Trinajstić information content (AvgIpc) is 2.64. The number of nitrogens with zero attached hydrogens (tertiary/aromatic N) is 1. The number of benzene rings is 2. The first-order chi connectivity index (χ1) is 12.6. The van der Waals surface area contributed by atoms with E-state index in [0.717, 1.165) is 5.56 Å². The van der Waals surface area contributed by atoms with Gasteiger partial charge < -0.3 is 19.7 Å². The molecule has 1 aliphatic rings. The van der Waals surface area contributed by atoms with E-state index < -0.39 is 0 Å². The van der Waals surface area contributed by atoms with Crippen molar-refractivity contribution in [2.24, 2.45) is 0 Å². The molecule has 0 fully saturated rings. The molecule has 0 spiro atoms. The van der Waals surface area contributed by atoms with Gasteiger partial charge in [-0.2, -0.15) is 0 Å². The first-order valence-corrected chi connectivity index (χ1v) is 8.24. The van der Waals surface area contributed by atoms with Gasteiger partial charge in [0.25, 0.3) is 11.8 Å². The topological polar surface area (TPSA) is 67.9 Å². The number of carbonyl (C=O) groups excluding carboxylic acids is 2. The Morgan fingerprint density at radius 2 is 2.08 bits per heavy atom. The van der Waals surface area contributed by atoms with Crippen molar-refractivity contribution in [3.63, 3.8) is 0 Å². The Kier molecular flexibility index (Phi) is 5.22. The van der Waals surface area contributed by atoms with Crippen LogP contribution in [0.15, 0.2) is 55.1 Å². The molecular formula is C20H20N2O4. The molecule has 0 saturated heterocycles. The molecule has 1 N–H and O–H groups in total. The Labute approximate surface area is 152 Å². The smallest absolute Gasteiger partial charge is 0.265 e. The van der Waals surface area contributed by atoms with E-state index in [2.05, 4.69) is 11.9 Å². The number of amides is 2. The molecule has 1 heterocycles. The molecule has 134 valence electrons. The van der Waals surface area contributed by atoms with E-state index in [4.69, 9.17) is 9.47 Å². The molecule has 0 aromatic heterocycles. The minimum atomic E-state index is -0.277. The average molecular weight is 352 g/mol. The van der Waals surface area contributed by atoms with E-state index >= 15 is 0 Å². The summed E-state index contributed by atoms with van der Waals surface area (Å²) in [6.45, 7) is 5.93. The zero-order chi connectivity index (χ0) is 18.5. The molecule has 2 amide bonds. The Morgan fingerprint density at radius 1 is 1.31 bits per heavy atom. The van der Waals surface area contributed by atoms with Crippen molar-refractivity contribution in [3.8, 4) is 11.5 Å². The van der Waals surface area contributed by atoms with Gasteiger partial charge in [-0.25, -0.2) is 0 Å². The van der Waals surface area contributed by atoms with E-state index in [9.17, 15) is 9.59 Å². The number of hydrogen-bond donors (Lipinski definition) is 1. The third kappa shape index (κ3) is 4.03. The molecular weight excluding hydrogens is 332 g/mol. The van der Waals surface area contributed by atoms with Crippen LogP contribution in [0.25, 0.3) is 0 Å². The van der Waals surface area contributed by atoms with Crippen molar-refractivity contribution in [2.45, 2.75) is 6.92 Å². The fourth-order valence-corrected chi connectivity index (χ4v) is 2.59. The van der Waals surface area contributed by atoms with Crippen molar-refractivity contribution in [3.05, 3.63) is 60.7 Å². The van der Waals surface area contributed by atoms with Gasteiger partial charge in [0, 0.05) is 18.3 Å². The molecule has 6 heteroatoms. The quantitative estimate of drug-likeness (QED) is 0.812. The number of hydrogen-bond acceptors (Lipinski definition) is 4. The first kappa shape index (κ1) is 17.5. The van der Waals surface area contributed by atoms with Gasteiger partial charge >= 0.3 is 0 Å². The molecule has 0 saturated carbocycles. The lowest BCUT2D eigenvalue weighted by Crippen LogP contribution is -2.38. The third-order valence-electron chi connectivity index (χ3n) is 3.89. The predicted molar refractivity (Wildman–Crippen MR) is 99.8 cm³/mol. The molecule has 3 rings (SSSR count). The van der Waals surface area contributed by atoms with Crippen LogP contribution in [0.4, 0.5) is 11.4 Å². The molecule has 0 atom stereocenters. The number of nitrogens with one attached hydrogen (secondary N) is 1. The van der Waals surface area contributed by atoms with E-state index in [1.165, 1.54) is 0 Å². The number of aryl methyl sites for hydroxylation is 1. The molecule has 1 aliphatic heterocycles. The van der Waals surface area contributed by atoms with Crippen molar-refractivity contribution in [1.82, 2.24) is 0 Å². The van der Waals surface area contributed by atoms with Crippen LogP contribution < -0.4 is 19.7 Å². The van der Waals surface area contributed by atoms with Crippen LogP contribution in [0, 0.1) is 6.92 Å². The Hall–Kier alpha value is -3.28. The summed E-state index contributed by atoms with van der Waals surface area (Å²) in [6, 6.07) is 12.6. The standard InChI is InChI=1S/C20H20N2O4/c1-3-10-22-17-9-6-15(11-18(17)26-13-20(22)24)21-19(23)12-25-16-7-4-14(2)5-8-16/h3-9,11H,1,10,12-13H2,2H3,(H,21,23). The number of anilines is 2. The fourth-order valence-electron chi connectivity index (χ4n) is 2.59. The normalized spacial score (nSPS) is 12.8. The zero-order valence-corrected chi connectivity index (χ0v) is 14.5. The lowest BCUT2D eigenvalue weighted by Gasteiger charge is -2.28. The van der Waals surface area contributed by atoms with Gasteiger partial charge in [-0.1, -0.05) is 23.8 Å². The first-order valence-electron chi connectivity index (χ1n) is 8.24. The summed E-state index contributed by atoms with van der Waals surface area (Å²) < 4.78 is 10.9. The molecule has 0 bridgehead atoms. The summed E-state index contributed by atoms with van der Waals surface area (Å²) in [7, 11) is 0. The van der Waals surface area contributed by atoms with Crippen LogP contribution in [0.2, 0.25) is 0 Å². The Bertz CT molecular complexity index is 830. The zero-order valence-electron chi connectivity index (χ0n) is 14.5. The molecule has 0 radical (unpaired) electrons. The lowest BCUT2D eigenvalue weighted by atomic mass is 10.2. The summed E-state index contributed by atoms with van der Waals surface area (Å²) in [6.07, 6.45) is 1.66. The molecule has 26 heavy (non-hydrogen) atoms. The third-order valence-corrected chi connectivity index (χ3v) is 3.89. The van der Waals surface area contributed by atoms with Crippen LogP contribution >= 0.6 is 0 Å². The van der Waals surface area contributed by atoms with Crippen molar-refractivity contribution in [1.29, 1.82) is 0 Å². The second-order valence-electron chi connectivity index (χ2n) is 5.91. The van der Waals surface area contributed by atoms with Gasteiger partial charge in [-0.3, -0.25) is 9.59 Å². The number of fused-ring (bicyclic) bond motifs is 1. The highest BCUT2D eigenvalue weighted by Crippen LogP contribution is 2.34. The van der Waals surface area contributed by atoms with Gasteiger partial charge in [0.2, 0.25) is 0 Å². The maximum atomic E-state index is 12.1. The Balaban J connectivity index is 1.63. The summed E-state index contributed by atoms with van der Waals surface area (Å²) in [4.78, 5) is 25.6. The number of ether oxygens (including phenoxy) is 2. The molecule has 6 nitrogen and oxygen atoms in total. The predicted octanol–water partition coefficient (Wildman–Crippen LogP) is 2.92. The number of carbonyl (C=O) groups is 2. The van der Waals surface area contributed by atoms with Crippen molar-refractivity contribution < 1.29 is 19.1 Å². The highest BCUT2D eigenvalue weighted by Gasteiger charge is 2.24. The summed E-state index contributed by atoms with van der Waals surface area (Å²) in [5.41, 5.74) is 2.36. The van der Waals surface area contributed by atoms with Gasteiger partial charge in [0.15, 0.2) is 13.2 Å². The Morgan fingerprint density at radius 3 is 2.81 bits per heavy atom. The van der Waals surface area contributed by atoms with Crippen LogP contribution in [-0.4, -0.2) is 31.6 Å². The van der Waals surface area contributed by atoms with Gasteiger partial charge in [-0.05, 0) is 31.2 Å². The second-order valence-corrected chi connectivity index (χ2v) is 5.91. The molecule has 0 unspecified atom stereocenters. The highest BCUT2D eigenvalue weighted by atomic mass is 16.5. The SMILES string of the molecule is C=CCN1C(=O)COc2cc(NC(=O)COc3ccc(C)cc3)ccc21. The van der Waals surface area contributed by atoms with E-state index in [0.29, 0.717) is 29.4 Å². The van der Waals surface area contributed by atoms with Gasteiger partial charge in [0.05, 0.1) is 5.69 Å². The van der Waals surface area contributed by atoms with Crippen molar-refractivity contribution >= 4 is 23.2 Å². The van der Waals surface area contributed by atoms with E-state index in [1.54, 1.807) is 29.2 Å². The van der Waals surface area contributed by atoms with Crippen LogP contribution in [0.5, 0.6) is 11.5 Å². The van der Waals surface area contributed by atoms with Crippen LogP contribution in [0.1, 0.15) is 5.56 Å². The maximum absolute atomic E-state index is 12.1. The minimum Gasteiger partial charge on any atom is -0.484 e. The lowest BCUT2D eigenvalue weighted by molar-refractivity contribution is -0.121. The second kappa shape index (κ2) is 7.74. The highest BCUT2D eigenvalue weighted by molar-refractivity contribution is 5.99. The summed E-state index contributed by atoms with van der Waals surface area (Å²) in [5, 5.41) is 2.76. The molecule has 0 aliphatic carbocycles. The monoisotopic (exact) mass is 352 g/mol. The van der Waals surface area contributed by atoms with Gasteiger partial charge in [-0.15, -0.1) is 6.58 Å². The summed E-state index contributed by atoms with van der Waals surface area (Å²) >= 11 is 0.